The number of carbonyl (C=O) groups excluding carboxylic acids is 1. The molecule has 0 bridgehead atoms. The summed E-state index contributed by atoms with van der Waals surface area (Å²) in [5.41, 5.74) is 3.73. The fraction of sp³-hybridized carbons (Fsp3) is 0.276. The van der Waals surface area contributed by atoms with Crippen LogP contribution >= 0.6 is 0 Å². The molecule has 0 aliphatic carbocycles. The molecule has 202 valence electrons. The van der Waals surface area contributed by atoms with E-state index in [0.717, 1.165) is 30.1 Å². The first-order valence-corrected chi connectivity index (χ1v) is 12.6. The number of hydrogen-bond acceptors (Lipinski definition) is 8. The van der Waals surface area contributed by atoms with Crippen LogP contribution in [0.15, 0.2) is 67.0 Å². The Hall–Kier alpha value is -4.59. The SMILES string of the molecule is Cc1c(NC(=O)OCCN(C)CCN(C)C)cn2ncc(C#N)c(Nc3ccc(Oc4ccccc4)cc3)c12. The summed E-state index contributed by atoms with van der Waals surface area (Å²) in [6, 6.07) is 19.2. The maximum Gasteiger partial charge on any atom is 0.411 e. The van der Waals surface area contributed by atoms with E-state index in [1.54, 1.807) is 10.7 Å². The summed E-state index contributed by atoms with van der Waals surface area (Å²) in [5.74, 6) is 1.44. The van der Waals surface area contributed by atoms with Gasteiger partial charge in [-0.3, -0.25) is 5.32 Å². The van der Waals surface area contributed by atoms with Gasteiger partial charge in [-0.25, -0.2) is 9.31 Å². The molecule has 0 fully saturated rings. The number of amides is 1. The third-order valence-electron chi connectivity index (χ3n) is 6.15. The first kappa shape index (κ1) is 27.4. The zero-order chi connectivity index (χ0) is 27.8. The van der Waals surface area contributed by atoms with Crippen LogP contribution < -0.4 is 15.4 Å². The van der Waals surface area contributed by atoms with Crippen molar-refractivity contribution in [1.29, 1.82) is 5.26 Å². The highest BCUT2D eigenvalue weighted by Gasteiger charge is 2.18. The molecular weight excluding hydrogens is 494 g/mol. The van der Waals surface area contributed by atoms with Gasteiger partial charge in [-0.2, -0.15) is 10.4 Å². The lowest BCUT2D eigenvalue weighted by atomic mass is 10.1. The second-order valence-corrected chi connectivity index (χ2v) is 9.44. The number of aryl methyl sites for hydroxylation is 1. The van der Waals surface area contributed by atoms with Crippen molar-refractivity contribution < 1.29 is 14.3 Å². The molecule has 0 saturated heterocycles. The predicted octanol–water partition coefficient (Wildman–Crippen LogP) is 5.09. The number of anilines is 3. The minimum atomic E-state index is -0.543. The summed E-state index contributed by atoms with van der Waals surface area (Å²) in [6.07, 6.45) is 2.66. The van der Waals surface area contributed by atoms with E-state index in [-0.39, 0.29) is 6.61 Å². The van der Waals surface area contributed by atoms with Gasteiger partial charge in [0.1, 0.15) is 24.2 Å². The number of nitriles is 1. The average Bonchev–Trinajstić information content (AvgIpc) is 3.24. The third kappa shape index (κ3) is 7.25. The topological polar surface area (TPSA) is 107 Å². The number of benzene rings is 2. The van der Waals surface area contributed by atoms with Crippen molar-refractivity contribution in [1.82, 2.24) is 19.4 Å². The Bertz CT molecular complexity index is 1440. The number of fused-ring (bicyclic) bond motifs is 1. The summed E-state index contributed by atoms with van der Waals surface area (Å²) < 4.78 is 12.9. The van der Waals surface area contributed by atoms with Crippen molar-refractivity contribution >= 4 is 28.7 Å². The first-order valence-electron chi connectivity index (χ1n) is 12.6. The Kier molecular flexibility index (Phi) is 8.99. The highest BCUT2D eigenvalue weighted by atomic mass is 16.5. The van der Waals surface area contributed by atoms with Crippen molar-refractivity contribution in [3.8, 4) is 17.6 Å². The molecule has 10 heteroatoms. The fourth-order valence-corrected chi connectivity index (χ4v) is 3.92. The van der Waals surface area contributed by atoms with E-state index in [4.69, 9.17) is 9.47 Å². The van der Waals surface area contributed by atoms with Gasteiger partial charge in [-0.15, -0.1) is 0 Å². The van der Waals surface area contributed by atoms with Gasteiger partial charge >= 0.3 is 6.09 Å². The number of likely N-dealkylation sites (N-methyl/N-ethyl adjacent to an activating group) is 2. The van der Waals surface area contributed by atoms with E-state index in [1.165, 1.54) is 6.20 Å². The zero-order valence-electron chi connectivity index (χ0n) is 22.6. The summed E-state index contributed by atoms with van der Waals surface area (Å²) in [4.78, 5) is 16.7. The van der Waals surface area contributed by atoms with Crippen LogP contribution in [-0.4, -0.2) is 72.9 Å². The quantitative estimate of drug-likeness (QED) is 0.278. The monoisotopic (exact) mass is 527 g/mol. The number of rotatable bonds is 11. The van der Waals surface area contributed by atoms with Crippen LogP contribution in [0.1, 0.15) is 11.1 Å². The highest BCUT2D eigenvalue weighted by Crippen LogP contribution is 2.33. The minimum absolute atomic E-state index is 0.274. The highest BCUT2D eigenvalue weighted by molar-refractivity contribution is 5.92. The maximum absolute atomic E-state index is 12.5. The molecule has 2 heterocycles. The van der Waals surface area contributed by atoms with E-state index < -0.39 is 6.09 Å². The lowest BCUT2D eigenvalue weighted by Gasteiger charge is -2.19. The number of para-hydroxylation sites is 1. The van der Waals surface area contributed by atoms with Crippen molar-refractivity contribution in [2.45, 2.75) is 6.92 Å². The van der Waals surface area contributed by atoms with Crippen molar-refractivity contribution in [3.63, 3.8) is 0 Å². The molecule has 0 spiro atoms. The molecule has 0 unspecified atom stereocenters. The van der Waals surface area contributed by atoms with Crippen LogP contribution in [0.3, 0.4) is 0 Å². The normalized spacial score (nSPS) is 11.0. The molecule has 10 nitrogen and oxygen atoms in total. The molecule has 4 rings (SSSR count). The number of carbonyl (C=O) groups is 1. The Labute approximate surface area is 228 Å². The lowest BCUT2D eigenvalue weighted by Crippen LogP contribution is -2.31. The van der Waals surface area contributed by atoms with Gasteiger partial charge in [0, 0.05) is 30.9 Å². The third-order valence-corrected chi connectivity index (χ3v) is 6.15. The molecule has 39 heavy (non-hydrogen) atoms. The average molecular weight is 528 g/mol. The summed E-state index contributed by atoms with van der Waals surface area (Å²) in [6.45, 7) is 4.58. The van der Waals surface area contributed by atoms with Crippen LogP contribution in [0, 0.1) is 18.3 Å². The molecule has 2 aromatic carbocycles. The number of nitrogens with one attached hydrogen (secondary N) is 2. The number of ether oxygens (including phenoxy) is 2. The molecular formula is C29H33N7O3. The predicted molar refractivity (Wildman–Crippen MR) is 152 cm³/mol. The lowest BCUT2D eigenvalue weighted by molar-refractivity contribution is 0.144. The maximum atomic E-state index is 12.5. The van der Waals surface area contributed by atoms with Gasteiger partial charge in [0.05, 0.1) is 34.8 Å². The molecule has 0 aliphatic heterocycles. The van der Waals surface area contributed by atoms with Gasteiger partial charge in [0.2, 0.25) is 0 Å². The molecule has 2 N–H and O–H groups in total. The summed E-state index contributed by atoms with van der Waals surface area (Å²) >= 11 is 0. The standard InChI is InChI=1S/C29H33N7O3/c1-21-26(33-29(37)38-17-16-35(4)15-14-34(2)3)20-36-28(21)27(22(18-30)19-31-36)32-23-10-12-25(13-11-23)39-24-8-6-5-7-9-24/h5-13,19-20,32H,14-17H2,1-4H3,(H,33,37). The van der Waals surface area contributed by atoms with Crippen LogP contribution in [0.2, 0.25) is 0 Å². The first-order chi connectivity index (χ1) is 18.8. The van der Waals surface area contributed by atoms with E-state index in [0.29, 0.717) is 34.7 Å². The minimum Gasteiger partial charge on any atom is -0.457 e. The number of hydrogen-bond donors (Lipinski definition) is 2. The fourth-order valence-electron chi connectivity index (χ4n) is 3.92. The van der Waals surface area contributed by atoms with Crippen LogP contribution in [0.5, 0.6) is 11.5 Å². The van der Waals surface area contributed by atoms with E-state index in [9.17, 15) is 10.1 Å². The Morgan fingerprint density at radius 1 is 1.03 bits per heavy atom. The van der Waals surface area contributed by atoms with E-state index in [2.05, 4.69) is 31.6 Å². The largest absolute Gasteiger partial charge is 0.457 e. The Balaban J connectivity index is 1.45. The second-order valence-electron chi connectivity index (χ2n) is 9.44. The Morgan fingerprint density at radius 2 is 1.74 bits per heavy atom. The summed E-state index contributed by atoms with van der Waals surface area (Å²) in [5, 5.41) is 20.3. The van der Waals surface area contributed by atoms with Gasteiger partial charge in [-0.1, -0.05) is 18.2 Å². The zero-order valence-corrected chi connectivity index (χ0v) is 22.6. The van der Waals surface area contributed by atoms with Gasteiger partial charge in [0.25, 0.3) is 0 Å². The van der Waals surface area contributed by atoms with Crippen LogP contribution in [-0.2, 0) is 4.74 Å². The van der Waals surface area contributed by atoms with Crippen molar-refractivity contribution in [2.75, 3.05) is 58.0 Å². The van der Waals surface area contributed by atoms with Gasteiger partial charge in [0.15, 0.2) is 0 Å². The smallest absolute Gasteiger partial charge is 0.411 e. The van der Waals surface area contributed by atoms with Crippen LogP contribution in [0.25, 0.3) is 5.52 Å². The molecule has 0 aliphatic rings. The van der Waals surface area contributed by atoms with Gasteiger partial charge in [-0.05, 0) is 64.5 Å². The molecule has 0 atom stereocenters. The van der Waals surface area contributed by atoms with Crippen molar-refractivity contribution in [2.24, 2.45) is 0 Å². The molecule has 2 aromatic heterocycles. The van der Waals surface area contributed by atoms with E-state index in [1.807, 2.05) is 82.7 Å². The van der Waals surface area contributed by atoms with Gasteiger partial charge < -0.3 is 24.6 Å². The molecule has 0 saturated carbocycles. The number of nitrogens with zero attached hydrogens (tertiary/aromatic N) is 5. The molecule has 1 amide bonds. The second kappa shape index (κ2) is 12.8. The molecule has 4 aromatic rings. The number of aromatic nitrogens is 2. The summed E-state index contributed by atoms with van der Waals surface area (Å²) in [7, 11) is 6.04. The molecule has 0 radical (unpaired) electrons. The van der Waals surface area contributed by atoms with Crippen molar-refractivity contribution in [3.05, 3.63) is 78.1 Å². The van der Waals surface area contributed by atoms with Crippen LogP contribution in [0.4, 0.5) is 21.9 Å². The van der Waals surface area contributed by atoms with E-state index >= 15 is 0 Å². The Morgan fingerprint density at radius 3 is 2.44 bits per heavy atom.